The summed E-state index contributed by atoms with van der Waals surface area (Å²) >= 11 is 0. The van der Waals surface area contributed by atoms with Crippen LogP contribution in [0.25, 0.3) is 0 Å². The quantitative estimate of drug-likeness (QED) is 0.530. The number of fused-ring (bicyclic) bond motifs is 1. The molecule has 1 aromatic rings. The largest absolute Gasteiger partial charge is 0.327 e. The van der Waals surface area contributed by atoms with E-state index in [4.69, 9.17) is 5.73 Å². The van der Waals surface area contributed by atoms with Crippen LogP contribution < -0.4 is 11.1 Å². The molecule has 0 radical (unpaired) electrons. The van der Waals surface area contributed by atoms with Crippen molar-refractivity contribution in [2.75, 3.05) is 6.54 Å². The third-order valence-electron chi connectivity index (χ3n) is 3.13. The van der Waals surface area contributed by atoms with Crippen LogP contribution in [0.15, 0.2) is 12.4 Å². The highest BCUT2D eigenvalue weighted by atomic mass is 15.1. The molecule has 4 nitrogen and oxygen atoms in total. The molecular weight excluding hydrogens is 152 g/mol. The lowest BCUT2D eigenvalue weighted by molar-refractivity contribution is 0.537. The van der Waals surface area contributed by atoms with Crippen LogP contribution in [0.3, 0.4) is 0 Å². The number of nitrogens with zero attached hydrogens (tertiary/aromatic N) is 1. The molecule has 4 unspecified atom stereocenters. The van der Waals surface area contributed by atoms with Crippen molar-refractivity contribution < 1.29 is 0 Å². The monoisotopic (exact) mass is 164 g/mol. The smallest absolute Gasteiger partial charge is 0.0535 e. The highest BCUT2D eigenvalue weighted by molar-refractivity contribution is 5.23. The van der Waals surface area contributed by atoms with Gasteiger partial charge in [0.15, 0.2) is 0 Å². The van der Waals surface area contributed by atoms with E-state index in [1.807, 2.05) is 12.4 Å². The summed E-state index contributed by atoms with van der Waals surface area (Å²) in [4.78, 5) is 0. The minimum Gasteiger partial charge on any atom is -0.327 e. The second-order valence-electron chi connectivity index (χ2n) is 3.74. The second kappa shape index (κ2) is 2.08. The molecule has 3 rings (SSSR count). The molecule has 12 heavy (non-hydrogen) atoms. The Balaban J connectivity index is 1.87. The molecular formula is C8H12N4. The minimum atomic E-state index is 0.422. The van der Waals surface area contributed by atoms with E-state index in [-0.39, 0.29) is 0 Å². The highest BCUT2D eigenvalue weighted by Gasteiger charge is 2.56. The summed E-state index contributed by atoms with van der Waals surface area (Å²) < 4.78 is 0. The molecule has 1 aliphatic heterocycles. The number of piperidine rings is 1. The molecule has 4 N–H and O–H groups in total. The molecule has 4 heteroatoms. The van der Waals surface area contributed by atoms with Gasteiger partial charge in [-0.15, -0.1) is 0 Å². The topological polar surface area (TPSA) is 66.7 Å². The molecule has 4 atom stereocenters. The fourth-order valence-electron chi connectivity index (χ4n) is 2.34. The standard InChI is InChI=1S/C8H12N4/c9-7-5-3-10-8(6(5)7)4-1-11-12-2-4/h1-2,5-8,10H,3,9H2,(H,11,12). The Morgan fingerprint density at radius 3 is 3.08 bits per heavy atom. The van der Waals surface area contributed by atoms with Crippen LogP contribution >= 0.6 is 0 Å². The van der Waals surface area contributed by atoms with Crippen LogP contribution in [-0.2, 0) is 0 Å². The van der Waals surface area contributed by atoms with Crippen molar-refractivity contribution in [1.82, 2.24) is 15.5 Å². The Kier molecular flexibility index (Phi) is 1.15. The lowest BCUT2D eigenvalue weighted by Crippen LogP contribution is -2.25. The number of hydrogen-bond donors (Lipinski definition) is 3. The van der Waals surface area contributed by atoms with Gasteiger partial charge in [0.1, 0.15) is 0 Å². The van der Waals surface area contributed by atoms with E-state index in [0.717, 1.165) is 6.54 Å². The fraction of sp³-hybridized carbons (Fsp3) is 0.625. The van der Waals surface area contributed by atoms with Crippen molar-refractivity contribution in [3.63, 3.8) is 0 Å². The molecule has 1 saturated heterocycles. The molecule has 0 spiro atoms. The minimum absolute atomic E-state index is 0.422. The summed E-state index contributed by atoms with van der Waals surface area (Å²) in [6.07, 6.45) is 3.83. The maximum absolute atomic E-state index is 5.90. The van der Waals surface area contributed by atoms with Gasteiger partial charge >= 0.3 is 0 Å². The molecule has 64 valence electrons. The summed E-state index contributed by atoms with van der Waals surface area (Å²) in [5.41, 5.74) is 7.14. The molecule has 1 saturated carbocycles. The lowest BCUT2D eigenvalue weighted by atomic mass is 10.1. The number of rotatable bonds is 1. The number of nitrogens with two attached hydrogens (primary N) is 1. The van der Waals surface area contributed by atoms with E-state index < -0.39 is 0 Å². The van der Waals surface area contributed by atoms with Crippen LogP contribution in [0, 0.1) is 11.8 Å². The summed E-state index contributed by atoms with van der Waals surface area (Å²) in [6.45, 7) is 1.07. The van der Waals surface area contributed by atoms with E-state index in [0.29, 0.717) is 23.9 Å². The first-order chi connectivity index (χ1) is 5.88. The van der Waals surface area contributed by atoms with Crippen molar-refractivity contribution in [2.45, 2.75) is 12.1 Å². The van der Waals surface area contributed by atoms with Crippen molar-refractivity contribution in [3.05, 3.63) is 18.0 Å². The number of aromatic amines is 1. The van der Waals surface area contributed by atoms with Crippen molar-refractivity contribution in [1.29, 1.82) is 0 Å². The number of hydrogen-bond acceptors (Lipinski definition) is 3. The predicted molar refractivity (Wildman–Crippen MR) is 44.3 cm³/mol. The van der Waals surface area contributed by atoms with Crippen LogP contribution in [0.4, 0.5) is 0 Å². The van der Waals surface area contributed by atoms with Crippen LogP contribution in [0.5, 0.6) is 0 Å². The van der Waals surface area contributed by atoms with Gasteiger partial charge in [0.25, 0.3) is 0 Å². The summed E-state index contributed by atoms with van der Waals surface area (Å²) in [5, 5.41) is 10.2. The van der Waals surface area contributed by atoms with E-state index in [1.54, 1.807) is 0 Å². The fourth-order valence-corrected chi connectivity index (χ4v) is 2.34. The normalized spacial score (nSPS) is 44.4. The van der Waals surface area contributed by atoms with Gasteiger partial charge in [0.05, 0.1) is 6.20 Å². The van der Waals surface area contributed by atoms with Gasteiger partial charge in [-0.1, -0.05) is 0 Å². The summed E-state index contributed by atoms with van der Waals surface area (Å²) in [7, 11) is 0. The Bertz CT molecular complexity index is 281. The average Bonchev–Trinajstić information content (AvgIpc) is 2.65. The van der Waals surface area contributed by atoms with E-state index in [9.17, 15) is 0 Å². The van der Waals surface area contributed by atoms with Crippen molar-refractivity contribution in [3.8, 4) is 0 Å². The van der Waals surface area contributed by atoms with Crippen LogP contribution in [0.1, 0.15) is 11.6 Å². The van der Waals surface area contributed by atoms with Crippen LogP contribution in [-0.4, -0.2) is 22.8 Å². The summed E-state index contributed by atoms with van der Waals surface area (Å²) in [6, 6.07) is 0.870. The van der Waals surface area contributed by atoms with E-state index in [1.165, 1.54) is 5.56 Å². The molecule has 0 bridgehead atoms. The van der Waals surface area contributed by atoms with Crippen LogP contribution in [0.2, 0.25) is 0 Å². The van der Waals surface area contributed by atoms with Crippen molar-refractivity contribution >= 4 is 0 Å². The second-order valence-corrected chi connectivity index (χ2v) is 3.74. The Morgan fingerprint density at radius 1 is 1.58 bits per heavy atom. The third-order valence-corrected chi connectivity index (χ3v) is 3.13. The first kappa shape index (κ1) is 6.62. The molecule has 0 amide bonds. The first-order valence-corrected chi connectivity index (χ1v) is 4.35. The first-order valence-electron chi connectivity index (χ1n) is 4.35. The lowest BCUT2D eigenvalue weighted by Gasteiger charge is -2.11. The van der Waals surface area contributed by atoms with Gasteiger partial charge in [-0.25, -0.2) is 0 Å². The predicted octanol–water partition coefficient (Wildman–Crippen LogP) is -0.373. The molecule has 1 aliphatic carbocycles. The molecule has 2 fully saturated rings. The zero-order chi connectivity index (χ0) is 8.13. The zero-order valence-electron chi connectivity index (χ0n) is 6.70. The molecule has 2 heterocycles. The van der Waals surface area contributed by atoms with Gasteiger partial charge < -0.3 is 11.1 Å². The molecule has 0 aromatic carbocycles. The third kappa shape index (κ3) is 0.711. The van der Waals surface area contributed by atoms with Gasteiger partial charge in [-0.2, -0.15) is 5.10 Å². The number of nitrogens with one attached hydrogen (secondary N) is 2. The Morgan fingerprint density at radius 2 is 2.50 bits per heavy atom. The highest BCUT2D eigenvalue weighted by Crippen LogP contribution is 2.50. The van der Waals surface area contributed by atoms with E-state index in [2.05, 4.69) is 15.5 Å². The maximum atomic E-state index is 5.90. The van der Waals surface area contributed by atoms with E-state index >= 15 is 0 Å². The number of H-pyrrole nitrogens is 1. The summed E-state index contributed by atoms with van der Waals surface area (Å²) in [5.74, 6) is 1.37. The SMILES string of the molecule is NC1C2CNC(c3cn[nH]c3)C12. The molecule has 2 aliphatic rings. The number of aromatic nitrogens is 2. The van der Waals surface area contributed by atoms with Gasteiger partial charge in [0.2, 0.25) is 0 Å². The van der Waals surface area contributed by atoms with Gasteiger partial charge in [-0.05, 0) is 11.8 Å². The average molecular weight is 164 g/mol. The zero-order valence-corrected chi connectivity index (χ0v) is 6.70. The Labute approximate surface area is 70.5 Å². The van der Waals surface area contributed by atoms with Crippen molar-refractivity contribution in [2.24, 2.45) is 17.6 Å². The molecule has 1 aromatic heterocycles. The van der Waals surface area contributed by atoms with Gasteiger partial charge in [-0.3, -0.25) is 5.10 Å². The van der Waals surface area contributed by atoms with Gasteiger partial charge in [0, 0.05) is 30.4 Å². The maximum Gasteiger partial charge on any atom is 0.0535 e. The Hall–Kier alpha value is -0.870.